The number of aliphatic hydroxyl groups is 1. The number of ether oxygens (including phenoxy) is 5. The number of hydrogen-bond acceptors (Lipinski definition) is 8. The van der Waals surface area contributed by atoms with Crippen LogP contribution in [0.2, 0.25) is 0 Å². The molecule has 11 nitrogen and oxygen atoms in total. The molecule has 212 valence electrons. The molecule has 1 saturated heterocycles. The molecule has 0 radical (unpaired) electrons. The number of hydrogen-bond donors (Lipinski definition) is 2. The summed E-state index contributed by atoms with van der Waals surface area (Å²) in [5, 5.41) is 8.91. The van der Waals surface area contributed by atoms with Gasteiger partial charge in [0.2, 0.25) is 13.1 Å². The van der Waals surface area contributed by atoms with E-state index in [0.29, 0.717) is 50.5 Å². The lowest BCUT2D eigenvalue weighted by Crippen LogP contribution is -2.42. The fourth-order valence-electron chi connectivity index (χ4n) is 5.61. The average molecular weight is 552 g/mol. The smallest absolute Gasteiger partial charge is 0.326 e. The van der Waals surface area contributed by atoms with Crippen molar-refractivity contribution in [1.82, 2.24) is 14.5 Å². The number of benzene rings is 2. The van der Waals surface area contributed by atoms with Gasteiger partial charge in [-0.25, -0.2) is 4.79 Å². The number of carbonyl (C=O) groups is 1. The Balaban J connectivity index is 1.16. The number of aromatic amines is 1. The molecule has 0 saturated carbocycles. The number of aromatic nitrogens is 2. The predicted molar refractivity (Wildman–Crippen MR) is 144 cm³/mol. The number of H-pyrrole nitrogens is 1. The molecule has 2 aromatic carbocycles. The highest BCUT2D eigenvalue weighted by atomic mass is 16.7. The van der Waals surface area contributed by atoms with Crippen LogP contribution in [0, 0.1) is 0 Å². The van der Waals surface area contributed by atoms with Gasteiger partial charge in [-0.3, -0.25) is 9.36 Å². The molecule has 4 heterocycles. The van der Waals surface area contributed by atoms with E-state index in [2.05, 4.69) is 4.98 Å². The fourth-order valence-corrected chi connectivity index (χ4v) is 5.61. The summed E-state index contributed by atoms with van der Waals surface area (Å²) < 4.78 is 30.1. The molecule has 2 N–H and O–H groups in total. The van der Waals surface area contributed by atoms with E-state index in [4.69, 9.17) is 28.8 Å². The minimum absolute atomic E-state index is 0.00494. The number of aliphatic hydroxyl groups excluding tert-OH is 1. The summed E-state index contributed by atoms with van der Waals surface area (Å²) in [6.07, 6.45) is 3.06. The molecule has 2 atom stereocenters. The van der Waals surface area contributed by atoms with Gasteiger partial charge in [-0.1, -0.05) is 18.2 Å². The molecular formula is C29H33N3O8. The summed E-state index contributed by atoms with van der Waals surface area (Å²) in [6.45, 7) is 1.95. The molecule has 1 fully saturated rings. The highest BCUT2D eigenvalue weighted by Crippen LogP contribution is 2.39. The summed E-state index contributed by atoms with van der Waals surface area (Å²) in [5.74, 6) is 1.29. The molecule has 40 heavy (non-hydrogen) atoms. The minimum atomic E-state index is -0.639. The first-order chi connectivity index (χ1) is 19.6. The van der Waals surface area contributed by atoms with Crippen molar-refractivity contribution in [2.75, 3.05) is 46.3 Å². The van der Waals surface area contributed by atoms with Gasteiger partial charge in [0, 0.05) is 31.5 Å². The molecule has 3 aliphatic rings. The van der Waals surface area contributed by atoms with Crippen molar-refractivity contribution in [3.05, 3.63) is 70.3 Å². The second-order valence-corrected chi connectivity index (χ2v) is 10.1. The second kappa shape index (κ2) is 11.7. The van der Waals surface area contributed by atoms with Crippen LogP contribution in [0.15, 0.2) is 59.1 Å². The van der Waals surface area contributed by atoms with E-state index in [-0.39, 0.29) is 55.9 Å². The molecule has 6 rings (SSSR count). The zero-order chi connectivity index (χ0) is 27.5. The summed E-state index contributed by atoms with van der Waals surface area (Å²) in [5.41, 5.74) is 2.54. The van der Waals surface area contributed by atoms with Gasteiger partial charge < -0.3 is 38.7 Å². The number of fused-ring (bicyclic) bond motifs is 2. The maximum absolute atomic E-state index is 13.7. The molecule has 3 aliphatic heterocycles. The first-order valence-corrected chi connectivity index (χ1v) is 13.7. The van der Waals surface area contributed by atoms with E-state index in [1.807, 2.05) is 53.1 Å². The first kappa shape index (κ1) is 26.4. The number of piperidine rings is 1. The predicted octanol–water partition coefficient (Wildman–Crippen LogP) is 2.66. The highest BCUT2D eigenvalue weighted by Gasteiger charge is 2.34. The van der Waals surface area contributed by atoms with Gasteiger partial charge in [0.1, 0.15) is 0 Å². The number of amides is 1. The van der Waals surface area contributed by atoms with Crippen molar-refractivity contribution in [1.29, 1.82) is 0 Å². The van der Waals surface area contributed by atoms with Crippen molar-refractivity contribution >= 4 is 16.9 Å². The highest BCUT2D eigenvalue weighted by molar-refractivity contribution is 5.92. The Labute approximate surface area is 230 Å². The molecule has 11 heteroatoms. The fraction of sp³-hybridized carbons (Fsp3) is 0.448. The third-order valence-corrected chi connectivity index (χ3v) is 7.60. The third kappa shape index (κ3) is 5.45. The Morgan fingerprint density at radius 2 is 1.88 bits per heavy atom. The second-order valence-electron chi connectivity index (χ2n) is 10.1. The van der Waals surface area contributed by atoms with E-state index >= 15 is 0 Å². The largest absolute Gasteiger partial charge is 0.459 e. The topological polar surface area (TPSA) is 124 Å². The Bertz CT molecular complexity index is 1440. The lowest BCUT2D eigenvalue weighted by molar-refractivity contribution is -0.157. The van der Waals surface area contributed by atoms with E-state index in [1.165, 1.54) is 0 Å². The van der Waals surface area contributed by atoms with Crippen LogP contribution in [0.25, 0.3) is 11.0 Å². The summed E-state index contributed by atoms with van der Waals surface area (Å²) in [4.78, 5) is 31.0. The number of para-hydroxylation sites is 2. The lowest BCUT2D eigenvalue weighted by atomic mass is 9.92. The van der Waals surface area contributed by atoms with Gasteiger partial charge in [0.25, 0.3) is 5.91 Å². The van der Waals surface area contributed by atoms with Gasteiger partial charge in [0.15, 0.2) is 17.3 Å². The Kier molecular flexibility index (Phi) is 7.76. The molecule has 0 aliphatic carbocycles. The van der Waals surface area contributed by atoms with Crippen LogP contribution in [0.4, 0.5) is 0 Å². The van der Waals surface area contributed by atoms with Crippen LogP contribution >= 0.6 is 0 Å². The van der Waals surface area contributed by atoms with Crippen LogP contribution in [0.3, 0.4) is 0 Å². The van der Waals surface area contributed by atoms with E-state index in [1.54, 1.807) is 4.90 Å². The van der Waals surface area contributed by atoms with E-state index in [0.717, 1.165) is 16.6 Å². The maximum atomic E-state index is 13.7. The van der Waals surface area contributed by atoms with Crippen molar-refractivity contribution < 1.29 is 33.6 Å². The number of nitrogens with one attached hydrogen (secondary N) is 1. The molecular weight excluding hydrogens is 518 g/mol. The molecule has 1 amide bonds. The number of carbonyl (C=O) groups excluding carboxylic acids is 1. The lowest BCUT2D eigenvalue weighted by Gasteiger charge is -2.35. The molecule has 3 aromatic rings. The van der Waals surface area contributed by atoms with Crippen LogP contribution in [-0.2, 0) is 19.0 Å². The summed E-state index contributed by atoms with van der Waals surface area (Å²) in [6, 6.07) is 13.4. The van der Waals surface area contributed by atoms with Crippen LogP contribution in [0.1, 0.15) is 36.8 Å². The standard InChI is InChI=1S/C29H33N3O8/c33-11-12-36-13-14-37-27-17-20(19-5-6-24-25(15-19)39-18-38-24)16-26(40-27)28(34)31-9-7-21(8-10-31)32-23-4-2-1-3-22(23)30-29(32)35/h1-6,15-16,20-21,27,33H,7-14,17-18H2,(H,30,35)/t20-,27+/m0/s1. The number of likely N-dealkylation sites (tertiary alicyclic amines) is 1. The number of rotatable bonds is 9. The maximum Gasteiger partial charge on any atom is 0.326 e. The zero-order valence-corrected chi connectivity index (χ0v) is 22.1. The van der Waals surface area contributed by atoms with Gasteiger partial charge in [-0.05, 0) is 48.7 Å². The summed E-state index contributed by atoms with van der Waals surface area (Å²) >= 11 is 0. The monoisotopic (exact) mass is 551 g/mol. The van der Waals surface area contributed by atoms with Gasteiger partial charge in [0.05, 0.1) is 37.5 Å². The number of imidazole rings is 1. The zero-order valence-electron chi connectivity index (χ0n) is 22.1. The Morgan fingerprint density at radius 1 is 1.05 bits per heavy atom. The van der Waals surface area contributed by atoms with Crippen molar-refractivity contribution in [2.45, 2.75) is 37.5 Å². The van der Waals surface area contributed by atoms with Crippen molar-refractivity contribution in [3.8, 4) is 11.5 Å². The van der Waals surface area contributed by atoms with E-state index in [9.17, 15) is 9.59 Å². The number of allylic oxidation sites excluding steroid dienone is 1. The minimum Gasteiger partial charge on any atom is -0.459 e. The summed E-state index contributed by atoms with van der Waals surface area (Å²) in [7, 11) is 0. The van der Waals surface area contributed by atoms with Gasteiger partial charge in [-0.15, -0.1) is 0 Å². The number of nitrogens with zero attached hydrogens (tertiary/aromatic N) is 2. The average Bonchev–Trinajstić information content (AvgIpc) is 3.59. The normalized spacial score (nSPS) is 20.9. The van der Waals surface area contributed by atoms with Crippen LogP contribution < -0.4 is 15.2 Å². The van der Waals surface area contributed by atoms with Gasteiger partial charge in [-0.2, -0.15) is 0 Å². The van der Waals surface area contributed by atoms with Crippen molar-refractivity contribution in [2.24, 2.45) is 0 Å². The van der Waals surface area contributed by atoms with Crippen LogP contribution in [0.5, 0.6) is 11.5 Å². The molecule has 0 spiro atoms. The third-order valence-electron chi connectivity index (χ3n) is 7.60. The SMILES string of the molecule is O=C(C1=C[C@H](c2ccc3c(c2)OCO3)C[C@H](OCCOCCO)O1)N1CCC(n2c(=O)[nH]c3ccccc32)CC1. The van der Waals surface area contributed by atoms with Crippen molar-refractivity contribution in [3.63, 3.8) is 0 Å². The quantitative estimate of drug-likeness (QED) is 0.389. The molecule has 1 aromatic heterocycles. The first-order valence-electron chi connectivity index (χ1n) is 13.7. The van der Waals surface area contributed by atoms with E-state index < -0.39 is 6.29 Å². The van der Waals surface area contributed by atoms with Crippen LogP contribution in [-0.4, -0.2) is 78.1 Å². The Hall–Kier alpha value is -3.80. The van der Waals surface area contributed by atoms with Gasteiger partial charge >= 0.3 is 5.69 Å². The molecule has 0 unspecified atom stereocenters. The Morgan fingerprint density at radius 3 is 2.73 bits per heavy atom. The molecule has 0 bridgehead atoms.